The second-order valence-corrected chi connectivity index (χ2v) is 8.56. The lowest BCUT2D eigenvalue weighted by Gasteiger charge is -2.12. The lowest BCUT2D eigenvalue weighted by atomic mass is 10.0. The molecule has 1 aliphatic heterocycles. The van der Waals surface area contributed by atoms with Gasteiger partial charge in [-0.05, 0) is 49.7 Å². The zero-order valence-electron chi connectivity index (χ0n) is 16.8. The van der Waals surface area contributed by atoms with Gasteiger partial charge in [0.25, 0.3) is 10.0 Å². The van der Waals surface area contributed by atoms with E-state index in [-0.39, 0.29) is 23.0 Å². The Balaban J connectivity index is 1.74. The third kappa shape index (κ3) is 5.24. The van der Waals surface area contributed by atoms with Crippen LogP contribution in [0.2, 0.25) is 0 Å². The highest BCUT2D eigenvalue weighted by molar-refractivity contribution is 7.90. The number of ketones is 1. The lowest BCUT2D eigenvalue weighted by Crippen LogP contribution is -2.29. The fraction of sp³-hybridized carbons (Fsp3) is 0.286. The molecule has 0 fully saturated rings. The van der Waals surface area contributed by atoms with E-state index in [9.17, 15) is 18.0 Å². The number of ether oxygens (including phenoxy) is 1. The van der Waals surface area contributed by atoms with E-state index >= 15 is 0 Å². The van der Waals surface area contributed by atoms with Crippen molar-refractivity contribution in [1.82, 2.24) is 4.72 Å². The molecule has 0 saturated heterocycles. The van der Waals surface area contributed by atoms with Gasteiger partial charge >= 0.3 is 0 Å². The first-order chi connectivity index (χ1) is 14.3. The average molecular weight is 429 g/mol. The first-order valence-electron chi connectivity index (χ1n) is 9.42. The summed E-state index contributed by atoms with van der Waals surface area (Å²) in [5.41, 5.74) is 1.39. The molecule has 0 unspecified atom stereocenters. The maximum Gasteiger partial charge on any atom is 0.262 e. The molecule has 2 aromatic carbocycles. The van der Waals surface area contributed by atoms with Crippen LogP contribution in [0.25, 0.3) is 0 Å². The van der Waals surface area contributed by atoms with Crippen molar-refractivity contribution >= 4 is 33.2 Å². The fourth-order valence-electron chi connectivity index (χ4n) is 3.09. The van der Waals surface area contributed by atoms with Crippen LogP contribution in [-0.2, 0) is 21.2 Å². The summed E-state index contributed by atoms with van der Waals surface area (Å²) in [5, 5.41) is 2.69. The van der Waals surface area contributed by atoms with Gasteiger partial charge in [-0.1, -0.05) is 6.07 Å². The van der Waals surface area contributed by atoms with Crippen molar-refractivity contribution in [2.75, 3.05) is 19.0 Å². The van der Waals surface area contributed by atoms with Crippen molar-refractivity contribution in [2.45, 2.75) is 31.1 Å². The van der Waals surface area contributed by atoms with Crippen LogP contribution in [0.4, 0.5) is 5.69 Å². The molecule has 0 bridgehead atoms. The number of methoxy groups -OCH3 is 1. The average Bonchev–Trinajstić information content (AvgIpc) is 3.20. The van der Waals surface area contributed by atoms with Crippen molar-refractivity contribution in [2.24, 2.45) is 4.99 Å². The Kier molecular flexibility index (Phi) is 6.51. The van der Waals surface area contributed by atoms with Crippen LogP contribution in [0.3, 0.4) is 0 Å². The fourth-order valence-corrected chi connectivity index (χ4v) is 4.23. The highest BCUT2D eigenvalue weighted by Crippen LogP contribution is 2.22. The maximum atomic E-state index is 12.5. The normalized spacial score (nSPS) is 13.5. The number of aliphatic imine (C=N–C) groups is 1. The van der Waals surface area contributed by atoms with Crippen molar-refractivity contribution in [3.8, 4) is 5.75 Å². The predicted molar refractivity (Wildman–Crippen MR) is 114 cm³/mol. The van der Waals surface area contributed by atoms with Gasteiger partial charge < -0.3 is 10.1 Å². The maximum absolute atomic E-state index is 12.5. The summed E-state index contributed by atoms with van der Waals surface area (Å²) in [6.45, 7) is 2.06. The third-order valence-corrected chi connectivity index (χ3v) is 5.97. The van der Waals surface area contributed by atoms with E-state index < -0.39 is 10.0 Å². The molecule has 0 atom stereocenters. The molecule has 1 aliphatic rings. The first-order valence-corrected chi connectivity index (χ1v) is 10.9. The Bertz CT molecular complexity index is 1110. The van der Waals surface area contributed by atoms with E-state index in [0.29, 0.717) is 41.4 Å². The number of carbonyl (C=O) groups excluding carboxylic acids is 2. The number of benzene rings is 2. The Hall–Kier alpha value is -3.20. The number of nitrogens with one attached hydrogen (secondary N) is 2. The number of carbonyl (C=O) groups is 2. The Labute approximate surface area is 175 Å². The number of rotatable bonds is 7. The van der Waals surface area contributed by atoms with E-state index in [4.69, 9.17) is 4.74 Å². The second-order valence-electron chi connectivity index (χ2n) is 6.87. The van der Waals surface area contributed by atoms with Crippen molar-refractivity contribution in [1.29, 1.82) is 0 Å². The number of hydrogen-bond donors (Lipinski definition) is 2. The minimum Gasteiger partial charge on any atom is -0.496 e. The topological polar surface area (TPSA) is 114 Å². The van der Waals surface area contributed by atoms with E-state index in [2.05, 4.69) is 15.0 Å². The second kappa shape index (κ2) is 9.08. The summed E-state index contributed by atoms with van der Waals surface area (Å²) in [6.07, 6.45) is 1.38. The van der Waals surface area contributed by atoms with Crippen LogP contribution in [0, 0.1) is 0 Å². The minimum atomic E-state index is -3.78. The summed E-state index contributed by atoms with van der Waals surface area (Å²) in [6, 6.07) is 10.9. The van der Waals surface area contributed by atoms with Gasteiger partial charge in [0.05, 0.1) is 18.4 Å². The molecule has 2 N–H and O–H groups in total. The molecule has 0 spiro atoms. The van der Waals surface area contributed by atoms with Crippen LogP contribution < -0.4 is 14.8 Å². The van der Waals surface area contributed by atoms with Gasteiger partial charge in [0.2, 0.25) is 5.91 Å². The minimum absolute atomic E-state index is 0.0314. The molecular weight excluding hydrogens is 406 g/mol. The molecule has 0 radical (unpaired) electrons. The first kappa shape index (κ1) is 21.5. The molecule has 8 nitrogen and oxygen atoms in total. The zero-order valence-corrected chi connectivity index (χ0v) is 17.6. The summed E-state index contributed by atoms with van der Waals surface area (Å²) >= 11 is 0. The molecule has 9 heteroatoms. The number of Topliss-reactive ketones (excluding diaryl/α,β-unsaturated/α-hetero) is 1. The molecule has 2 aromatic rings. The number of amidine groups is 1. The van der Waals surface area contributed by atoms with Crippen molar-refractivity contribution < 1.29 is 22.7 Å². The van der Waals surface area contributed by atoms with Crippen LogP contribution in [0.5, 0.6) is 5.75 Å². The van der Waals surface area contributed by atoms with Crippen LogP contribution >= 0.6 is 0 Å². The van der Waals surface area contributed by atoms with Crippen LogP contribution in [0.15, 0.2) is 52.4 Å². The number of amides is 1. The zero-order chi connectivity index (χ0) is 21.7. The molecule has 1 heterocycles. The number of nitrogens with zero attached hydrogens (tertiary/aromatic N) is 1. The number of sulfonamides is 1. The van der Waals surface area contributed by atoms with Gasteiger partial charge in [0.1, 0.15) is 11.6 Å². The quantitative estimate of drug-likeness (QED) is 0.657. The summed E-state index contributed by atoms with van der Waals surface area (Å²) in [7, 11) is -2.29. The van der Waals surface area contributed by atoms with Crippen molar-refractivity contribution in [3.63, 3.8) is 0 Å². The molecule has 0 aliphatic carbocycles. The molecule has 1 amide bonds. The summed E-state index contributed by atoms with van der Waals surface area (Å²) in [5.74, 6) is 0.461. The van der Waals surface area contributed by atoms with Gasteiger partial charge in [-0.25, -0.2) is 8.42 Å². The summed E-state index contributed by atoms with van der Waals surface area (Å²) < 4.78 is 32.9. The molecule has 0 aromatic heterocycles. The Morgan fingerprint density at radius 2 is 1.97 bits per heavy atom. The SMILES string of the molecule is COc1ccc(C(C)=O)cc1CC(=O)Nc1cccc(S(=O)(=O)NC2=NCCC2)c1. The van der Waals surface area contributed by atoms with E-state index in [1.165, 1.54) is 26.2 Å². The number of anilines is 1. The molecule has 158 valence electrons. The third-order valence-electron chi connectivity index (χ3n) is 4.59. The Morgan fingerprint density at radius 1 is 1.17 bits per heavy atom. The number of hydrogen-bond acceptors (Lipinski definition) is 6. The molecule has 0 saturated carbocycles. The lowest BCUT2D eigenvalue weighted by molar-refractivity contribution is -0.115. The monoisotopic (exact) mass is 429 g/mol. The largest absolute Gasteiger partial charge is 0.496 e. The van der Waals surface area contributed by atoms with E-state index in [1.807, 2.05) is 0 Å². The highest BCUT2D eigenvalue weighted by Gasteiger charge is 2.19. The smallest absolute Gasteiger partial charge is 0.262 e. The van der Waals surface area contributed by atoms with Gasteiger partial charge in [0, 0.05) is 29.8 Å². The molecular formula is C21H23N3O5S. The van der Waals surface area contributed by atoms with Gasteiger partial charge in [-0.2, -0.15) is 0 Å². The highest BCUT2D eigenvalue weighted by atomic mass is 32.2. The van der Waals surface area contributed by atoms with E-state index in [0.717, 1.165) is 6.42 Å². The standard InChI is InChI=1S/C21H23N3O5S/c1-14(25)15-8-9-19(29-2)16(11-15)12-21(26)23-17-5-3-6-18(13-17)30(27,28)24-20-7-4-10-22-20/h3,5-6,8-9,11,13H,4,7,10,12H2,1-2H3,(H,22,24)(H,23,26). The Morgan fingerprint density at radius 3 is 2.63 bits per heavy atom. The molecule has 30 heavy (non-hydrogen) atoms. The predicted octanol–water partition coefficient (Wildman–Crippen LogP) is 2.55. The van der Waals surface area contributed by atoms with E-state index in [1.54, 1.807) is 30.3 Å². The van der Waals surface area contributed by atoms with Crippen LogP contribution in [0.1, 0.15) is 35.7 Å². The van der Waals surface area contributed by atoms with Crippen molar-refractivity contribution in [3.05, 3.63) is 53.6 Å². The van der Waals surface area contributed by atoms with Gasteiger partial charge in [-0.3, -0.25) is 19.3 Å². The molecule has 3 rings (SSSR count). The van der Waals surface area contributed by atoms with Crippen LogP contribution in [-0.4, -0.2) is 39.6 Å². The summed E-state index contributed by atoms with van der Waals surface area (Å²) in [4.78, 5) is 28.3. The van der Waals surface area contributed by atoms with Gasteiger partial charge in [-0.15, -0.1) is 0 Å². The van der Waals surface area contributed by atoms with Gasteiger partial charge in [0.15, 0.2) is 5.78 Å².